The number of rotatable bonds is 4. The standard InChI is InChI=1S/C18H18FNO3S/c19-16-6-2-1-4-14(16)11-18(21)20-12-13-7-8-17-15(10-13)5-3-9-24(17,22)23/h1-2,4,6-8,10H,3,5,9,11-12H2,(H,20,21). The summed E-state index contributed by atoms with van der Waals surface area (Å²) in [5, 5.41) is 2.75. The number of sulfone groups is 1. The van der Waals surface area contributed by atoms with Gasteiger partial charge in [0.15, 0.2) is 9.84 Å². The van der Waals surface area contributed by atoms with Gasteiger partial charge in [-0.3, -0.25) is 4.79 Å². The van der Waals surface area contributed by atoms with Crippen LogP contribution in [0.15, 0.2) is 47.4 Å². The molecule has 0 aliphatic carbocycles. The third-order valence-corrected chi connectivity index (χ3v) is 6.01. The van der Waals surface area contributed by atoms with Crippen LogP contribution < -0.4 is 5.32 Å². The molecule has 0 saturated carbocycles. The fourth-order valence-electron chi connectivity index (χ4n) is 2.88. The molecule has 0 aromatic heterocycles. The highest BCUT2D eigenvalue weighted by Crippen LogP contribution is 2.25. The summed E-state index contributed by atoms with van der Waals surface area (Å²) in [5.74, 6) is -0.476. The van der Waals surface area contributed by atoms with Crippen molar-refractivity contribution in [1.82, 2.24) is 5.32 Å². The Kier molecular flexibility index (Phi) is 4.66. The zero-order valence-corrected chi connectivity index (χ0v) is 13.9. The molecule has 0 saturated heterocycles. The summed E-state index contributed by atoms with van der Waals surface area (Å²) in [6, 6.07) is 11.3. The minimum absolute atomic E-state index is 0.0218. The van der Waals surface area contributed by atoms with Gasteiger partial charge in [0, 0.05) is 6.54 Å². The third kappa shape index (κ3) is 3.64. The molecule has 6 heteroatoms. The Morgan fingerprint density at radius 1 is 1.17 bits per heavy atom. The van der Waals surface area contributed by atoms with Gasteiger partial charge in [-0.05, 0) is 41.7 Å². The smallest absolute Gasteiger partial charge is 0.224 e. The van der Waals surface area contributed by atoms with Crippen LogP contribution in [0.3, 0.4) is 0 Å². The van der Waals surface area contributed by atoms with E-state index < -0.39 is 15.7 Å². The molecular weight excluding hydrogens is 329 g/mol. The van der Waals surface area contributed by atoms with Gasteiger partial charge in [-0.15, -0.1) is 0 Å². The van der Waals surface area contributed by atoms with Gasteiger partial charge in [-0.1, -0.05) is 30.3 Å². The van der Waals surface area contributed by atoms with Crippen LogP contribution in [0.25, 0.3) is 0 Å². The Hall–Kier alpha value is -2.21. The third-order valence-electron chi connectivity index (χ3n) is 4.12. The van der Waals surface area contributed by atoms with Crippen LogP contribution in [0.5, 0.6) is 0 Å². The van der Waals surface area contributed by atoms with Crippen molar-refractivity contribution < 1.29 is 17.6 Å². The van der Waals surface area contributed by atoms with Crippen LogP contribution in [0.1, 0.15) is 23.1 Å². The van der Waals surface area contributed by atoms with E-state index in [9.17, 15) is 17.6 Å². The van der Waals surface area contributed by atoms with E-state index in [-0.39, 0.29) is 18.1 Å². The van der Waals surface area contributed by atoms with Crippen molar-refractivity contribution in [2.75, 3.05) is 5.75 Å². The highest BCUT2D eigenvalue weighted by molar-refractivity contribution is 7.91. The number of amides is 1. The number of carbonyl (C=O) groups is 1. The van der Waals surface area contributed by atoms with Crippen molar-refractivity contribution in [3.05, 3.63) is 65.0 Å². The van der Waals surface area contributed by atoms with E-state index in [1.807, 2.05) is 6.07 Å². The van der Waals surface area contributed by atoms with Crippen molar-refractivity contribution in [3.8, 4) is 0 Å². The van der Waals surface area contributed by atoms with E-state index >= 15 is 0 Å². The number of carbonyl (C=O) groups excluding carboxylic acids is 1. The fourth-order valence-corrected chi connectivity index (χ4v) is 4.46. The van der Waals surface area contributed by atoms with Crippen LogP contribution in [-0.2, 0) is 34.0 Å². The van der Waals surface area contributed by atoms with Gasteiger partial charge in [0.05, 0.1) is 17.1 Å². The molecule has 0 atom stereocenters. The van der Waals surface area contributed by atoms with Crippen LogP contribution in [0.2, 0.25) is 0 Å². The lowest BCUT2D eigenvalue weighted by molar-refractivity contribution is -0.120. The molecule has 0 spiro atoms. The zero-order valence-electron chi connectivity index (χ0n) is 13.1. The highest BCUT2D eigenvalue weighted by Gasteiger charge is 2.23. The molecule has 126 valence electrons. The van der Waals surface area contributed by atoms with Gasteiger partial charge in [-0.25, -0.2) is 12.8 Å². The Morgan fingerprint density at radius 3 is 2.75 bits per heavy atom. The van der Waals surface area contributed by atoms with Gasteiger partial charge in [0.1, 0.15) is 5.82 Å². The van der Waals surface area contributed by atoms with Gasteiger partial charge in [0.2, 0.25) is 5.91 Å². The Balaban J connectivity index is 1.65. The van der Waals surface area contributed by atoms with E-state index in [0.717, 1.165) is 17.5 Å². The van der Waals surface area contributed by atoms with Crippen molar-refractivity contribution >= 4 is 15.7 Å². The van der Waals surface area contributed by atoms with Gasteiger partial charge >= 0.3 is 0 Å². The monoisotopic (exact) mass is 347 g/mol. The lowest BCUT2D eigenvalue weighted by atomic mass is 10.1. The molecule has 24 heavy (non-hydrogen) atoms. The SMILES string of the molecule is O=C(Cc1ccccc1F)NCc1ccc2c(c1)CCCS2(=O)=O. The maximum Gasteiger partial charge on any atom is 0.224 e. The lowest BCUT2D eigenvalue weighted by Gasteiger charge is -2.17. The molecule has 1 N–H and O–H groups in total. The molecule has 0 unspecified atom stereocenters. The molecule has 0 radical (unpaired) electrons. The predicted molar refractivity (Wildman–Crippen MR) is 88.8 cm³/mol. The largest absolute Gasteiger partial charge is 0.352 e. The first kappa shape index (κ1) is 16.6. The van der Waals surface area contributed by atoms with Crippen LogP contribution >= 0.6 is 0 Å². The number of halogens is 1. The molecule has 1 aliphatic rings. The Labute approximate surface area is 140 Å². The molecule has 3 rings (SSSR count). The topological polar surface area (TPSA) is 63.2 Å². The van der Waals surface area contributed by atoms with Crippen LogP contribution in [0, 0.1) is 5.82 Å². The number of fused-ring (bicyclic) bond motifs is 1. The highest BCUT2D eigenvalue weighted by atomic mass is 32.2. The normalized spacial score (nSPS) is 15.5. The first-order valence-electron chi connectivity index (χ1n) is 7.80. The molecule has 1 heterocycles. The molecule has 0 bridgehead atoms. The van der Waals surface area contributed by atoms with E-state index in [1.54, 1.807) is 30.3 Å². The quantitative estimate of drug-likeness (QED) is 0.924. The summed E-state index contributed by atoms with van der Waals surface area (Å²) in [5.41, 5.74) is 2.00. The molecule has 1 aliphatic heterocycles. The summed E-state index contributed by atoms with van der Waals surface area (Å²) in [7, 11) is -3.16. The molecule has 2 aromatic carbocycles. The van der Waals surface area contributed by atoms with Crippen LogP contribution in [-0.4, -0.2) is 20.1 Å². The Bertz CT molecular complexity index is 878. The second kappa shape index (κ2) is 6.73. The number of benzene rings is 2. The predicted octanol–water partition coefficient (Wildman–Crippen LogP) is 2.40. The van der Waals surface area contributed by atoms with Crippen molar-refractivity contribution in [2.45, 2.75) is 30.7 Å². The minimum atomic E-state index is -3.16. The van der Waals surface area contributed by atoms with Crippen LogP contribution in [0.4, 0.5) is 4.39 Å². The van der Waals surface area contributed by atoms with Crippen molar-refractivity contribution in [2.24, 2.45) is 0 Å². The second-order valence-electron chi connectivity index (χ2n) is 5.91. The number of nitrogens with one attached hydrogen (secondary N) is 1. The Morgan fingerprint density at radius 2 is 1.96 bits per heavy atom. The molecular formula is C18H18FNO3S. The molecule has 4 nitrogen and oxygen atoms in total. The second-order valence-corrected chi connectivity index (χ2v) is 7.99. The average molecular weight is 347 g/mol. The summed E-state index contributed by atoms with van der Waals surface area (Å²) >= 11 is 0. The van der Waals surface area contributed by atoms with Crippen molar-refractivity contribution in [1.29, 1.82) is 0 Å². The molecule has 1 amide bonds. The maximum absolute atomic E-state index is 13.5. The maximum atomic E-state index is 13.5. The van der Waals surface area contributed by atoms with Gasteiger partial charge in [0.25, 0.3) is 0 Å². The van der Waals surface area contributed by atoms with E-state index in [2.05, 4.69) is 5.32 Å². The summed E-state index contributed by atoms with van der Waals surface area (Å²) in [6.45, 7) is 0.292. The number of aryl methyl sites for hydroxylation is 1. The minimum Gasteiger partial charge on any atom is -0.352 e. The average Bonchev–Trinajstić information content (AvgIpc) is 2.55. The summed E-state index contributed by atoms with van der Waals surface area (Å²) < 4.78 is 37.5. The van der Waals surface area contributed by atoms with E-state index in [0.29, 0.717) is 23.4 Å². The van der Waals surface area contributed by atoms with Gasteiger partial charge in [-0.2, -0.15) is 0 Å². The van der Waals surface area contributed by atoms with E-state index in [1.165, 1.54) is 6.07 Å². The summed E-state index contributed by atoms with van der Waals surface area (Å²) in [4.78, 5) is 12.4. The molecule has 0 fully saturated rings. The number of hydrogen-bond donors (Lipinski definition) is 1. The fraction of sp³-hybridized carbons (Fsp3) is 0.278. The lowest BCUT2D eigenvalue weighted by Crippen LogP contribution is -2.25. The van der Waals surface area contributed by atoms with E-state index in [4.69, 9.17) is 0 Å². The number of hydrogen-bond acceptors (Lipinski definition) is 3. The first-order valence-corrected chi connectivity index (χ1v) is 9.45. The molecule has 2 aromatic rings. The first-order chi connectivity index (χ1) is 11.5. The van der Waals surface area contributed by atoms with Crippen molar-refractivity contribution in [3.63, 3.8) is 0 Å². The summed E-state index contributed by atoms with van der Waals surface area (Å²) in [6.07, 6.45) is 1.33. The zero-order chi connectivity index (χ0) is 17.2. The van der Waals surface area contributed by atoms with Gasteiger partial charge < -0.3 is 5.32 Å².